The van der Waals surface area contributed by atoms with Crippen molar-refractivity contribution < 1.29 is 5.11 Å². The molecule has 0 aliphatic heterocycles. The van der Waals surface area contributed by atoms with Gasteiger partial charge in [-0.3, -0.25) is 0 Å². The first kappa shape index (κ1) is 11.3. The van der Waals surface area contributed by atoms with Crippen LogP contribution in [0.2, 0.25) is 0 Å². The zero-order valence-electron chi connectivity index (χ0n) is 8.81. The normalized spacial score (nSPS) is 12.7. The number of benzene rings is 1. The molecule has 5 heteroatoms. The Bertz CT molecular complexity index is 502. The van der Waals surface area contributed by atoms with E-state index in [4.69, 9.17) is 0 Å². The van der Waals surface area contributed by atoms with Crippen molar-refractivity contribution in [2.45, 2.75) is 13.0 Å². The number of aromatic nitrogens is 2. The second-order valence-corrected chi connectivity index (χ2v) is 4.44. The Kier molecular flexibility index (Phi) is 3.36. The summed E-state index contributed by atoms with van der Waals surface area (Å²) in [7, 11) is 0. The van der Waals surface area contributed by atoms with E-state index in [0.29, 0.717) is 6.54 Å². The number of nitrogens with one attached hydrogen (secondary N) is 1. The van der Waals surface area contributed by atoms with Gasteiger partial charge in [-0.1, -0.05) is 6.07 Å². The number of hydrogen-bond donors (Lipinski definition) is 2. The molecule has 1 aromatic carbocycles. The van der Waals surface area contributed by atoms with Crippen LogP contribution in [0, 0.1) is 0 Å². The van der Waals surface area contributed by atoms with Crippen molar-refractivity contribution in [1.29, 1.82) is 0 Å². The fourth-order valence-electron chi connectivity index (χ4n) is 1.44. The zero-order chi connectivity index (χ0) is 11.5. The maximum atomic E-state index is 9.23. The summed E-state index contributed by atoms with van der Waals surface area (Å²) in [6.07, 6.45) is 1.11. The Morgan fingerprint density at radius 3 is 3.00 bits per heavy atom. The predicted molar refractivity (Wildman–Crippen MR) is 67.4 cm³/mol. The maximum Gasteiger partial charge on any atom is 0.137 e. The molecule has 84 valence electrons. The molecule has 1 heterocycles. The van der Waals surface area contributed by atoms with Gasteiger partial charge in [-0.25, -0.2) is 9.97 Å². The van der Waals surface area contributed by atoms with Crippen molar-refractivity contribution in [3.05, 3.63) is 29.0 Å². The monoisotopic (exact) mass is 281 g/mol. The van der Waals surface area contributed by atoms with Gasteiger partial charge in [0.15, 0.2) is 0 Å². The van der Waals surface area contributed by atoms with Crippen molar-refractivity contribution >= 4 is 32.7 Å². The first-order chi connectivity index (χ1) is 7.68. The fourth-order valence-corrected chi connectivity index (χ4v) is 1.91. The Labute approximate surface area is 102 Å². The lowest BCUT2D eigenvalue weighted by atomic mass is 10.2. The number of hydrogen-bond acceptors (Lipinski definition) is 4. The van der Waals surface area contributed by atoms with Crippen LogP contribution in [0.4, 0.5) is 5.82 Å². The van der Waals surface area contributed by atoms with E-state index >= 15 is 0 Å². The molecule has 16 heavy (non-hydrogen) atoms. The molecule has 0 aliphatic carbocycles. The molecule has 0 fully saturated rings. The van der Waals surface area contributed by atoms with Crippen molar-refractivity contribution in [3.63, 3.8) is 0 Å². The molecule has 0 amide bonds. The number of para-hydroxylation sites is 1. The fraction of sp³-hybridized carbons (Fsp3) is 0.273. The molecule has 2 rings (SSSR count). The summed E-state index contributed by atoms with van der Waals surface area (Å²) in [5.74, 6) is 0.743. The summed E-state index contributed by atoms with van der Waals surface area (Å²) in [5, 5.41) is 13.3. The van der Waals surface area contributed by atoms with E-state index in [0.717, 1.165) is 21.2 Å². The summed E-state index contributed by atoms with van der Waals surface area (Å²) >= 11 is 3.44. The molecule has 0 saturated heterocycles. The van der Waals surface area contributed by atoms with Gasteiger partial charge >= 0.3 is 0 Å². The SMILES string of the molecule is CC(O)CNc1ncnc2c(Br)cccc12. The molecule has 0 spiro atoms. The van der Waals surface area contributed by atoms with E-state index in [1.165, 1.54) is 6.33 Å². The molecule has 2 aromatic rings. The Morgan fingerprint density at radius 2 is 2.25 bits per heavy atom. The summed E-state index contributed by atoms with van der Waals surface area (Å²) in [5.41, 5.74) is 0.866. The van der Waals surface area contributed by atoms with Crippen molar-refractivity contribution in [1.82, 2.24) is 9.97 Å². The highest BCUT2D eigenvalue weighted by Gasteiger charge is 2.06. The number of anilines is 1. The predicted octanol–water partition coefficient (Wildman–Crippen LogP) is 2.19. The molecular formula is C11H12BrN3O. The van der Waals surface area contributed by atoms with E-state index in [-0.39, 0.29) is 0 Å². The number of rotatable bonds is 3. The van der Waals surface area contributed by atoms with Crippen molar-refractivity contribution in [2.24, 2.45) is 0 Å². The van der Waals surface area contributed by atoms with Crippen molar-refractivity contribution in [3.8, 4) is 0 Å². The highest BCUT2D eigenvalue weighted by Crippen LogP contribution is 2.25. The highest BCUT2D eigenvalue weighted by molar-refractivity contribution is 9.10. The van der Waals surface area contributed by atoms with Crippen LogP contribution in [0.25, 0.3) is 10.9 Å². The lowest BCUT2D eigenvalue weighted by Gasteiger charge is -2.10. The third-order valence-electron chi connectivity index (χ3n) is 2.18. The first-order valence-electron chi connectivity index (χ1n) is 4.99. The van der Waals surface area contributed by atoms with Gasteiger partial charge in [0.05, 0.1) is 11.6 Å². The molecule has 0 aliphatic rings. The average Bonchev–Trinajstić information content (AvgIpc) is 2.27. The number of halogens is 1. The summed E-state index contributed by atoms with van der Waals surface area (Å²) in [4.78, 5) is 8.37. The minimum absolute atomic E-state index is 0.405. The minimum atomic E-state index is -0.405. The molecule has 2 N–H and O–H groups in total. The van der Waals surface area contributed by atoms with Crippen LogP contribution in [0.15, 0.2) is 29.0 Å². The zero-order valence-corrected chi connectivity index (χ0v) is 10.4. The number of nitrogens with zero attached hydrogens (tertiary/aromatic N) is 2. The van der Waals surface area contributed by atoms with Crippen LogP contribution in [0.1, 0.15) is 6.92 Å². The number of fused-ring (bicyclic) bond motifs is 1. The van der Waals surface area contributed by atoms with Crippen LogP contribution >= 0.6 is 15.9 Å². The van der Waals surface area contributed by atoms with Crippen molar-refractivity contribution in [2.75, 3.05) is 11.9 Å². The molecular weight excluding hydrogens is 270 g/mol. The van der Waals surface area contributed by atoms with E-state index in [2.05, 4.69) is 31.2 Å². The van der Waals surface area contributed by atoms with E-state index in [1.54, 1.807) is 6.92 Å². The lowest BCUT2D eigenvalue weighted by Crippen LogP contribution is -2.16. The van der Waals surface area contributed by atoms with Gasteiger partial charge in [-0.15, -0.1) is 0 Å². The average molecular weight is 282 g/mol. The quantitative estimate of drug-likeness (QED) is 0.906. The van der Waals surface area contributed by atoms with E-state index in [1.807, 2.05) is 18.2 Å². The van der Waals surface area contributed by atoms with Gasteiger partial charge < -0.3 is 10.4 Å². The molecule has 0 saturated carbocycles. The minimum Gasteiger partial charge on any atom is -0.392 e. The number of aliphatic hydroxyl groups excluding tert-OH is 1. The first-order valence-corrected chi connectivity index (χ1v) is 5.79. The Hall–Kier alpha value is -1.20. The van der Waals surface area contributed by atoms with Gasteiger partial charge in [0.25, 0.3) is 0 Å². The second-order valence-electron chi connectivity index (χ2n) is 3.59. The highest BCUT2D eigenvalue weighted by atomic mass is 79.9. The van der Waals surface area contributed by atoms with E-state index in [9.17, 15) is 5.11 Å². The molecule has 0 bridgehead atoms. The van der Waals surface area contributed by atoms with Crippen LogP contribution in [0.5, 0.6) is 0 Å². The third kappa shape index (κ3) is 2.31. The molecule has 1 aromatic heterocycles. The summed E-state index contributed by atoms with van der Waals surface area (Å²) in [6, 6.07) is 5.82. The lowest BCUT2D eigenvalue weighted by molar-refractivity contribution is 0.208. The second kappa shape index (κ2) is 4.76. The van der Waals surface area contributed by atoms with Crippen LogP contribution in [-0.2, 0) is 0 Å². The molecule has 4 nitrogen and oxygen atoms in total. The van der Waals surface area contributed by atoms with Crippen LogP contribution < -0.4 is 5.32 Å². The van der Waals surface area contributed by atoms with Crippen LogP contribution in [-0.4, -0.2) is 27.7 Å². The Balaban J connectivity index is 2.42. The summed E-state index contributed by atoms with van der Waals surface area (Å²) in [6.45, 7) is 2.20. The van der Waals surface area contributed by atoms with Gasteiger partial charge in [-0.05, 0) is 35.0 Å². The number of aliphatic hydroxyl groups is 1. The van der Waals surface area contributed by atoms with Crippen LogP contribution in [0.3, 0.4) is 0 Å². The van der Waals surface area contributed by atoms with E-state index < -0.39 is 6.10 Å². The molecule has 1 unspecified atom stereocenters. The van der Waals surface area contributed by atoms with Gasteiger partial charge in [0, 0.05) is 16.4 Å². The Morgan fingerprint density at radius 1 is 1.44 bits per heavy atom. The van der Waals surface area contributed by atoms with Gasteiger partial charge in [0.2, 0.25) is 0 Å². The van der Waals surface area contributed by atoms with Gasteiger partial charge in [0.1, 0.15) is 12.1 Å². The van der Waals surface area contributed by atoms with Gasteiger partial charge in [-0.2, -0.15) is 0 Å². The molecule has 1 atom stereocenters. The topological polar surface area (TPSA) is 58.0 Å². The maximum absolute atomic E-state index is 9.23. The smallest absolute Gasteiger partial charge is 0.137 e. The largest absolute Gasteiger partial charge is 0.392 e. The third-order valence-corrected chi connectivity index (χ3v) is 2.82. The summed E-state index contributed by atoms with van der Waals surface area (Å²) < 4.78 is 0.937. The standard InChI is InChI=1S/C11H12BrN3O/c1-7(16)5-13-11-8-3-2-4-9(12)10(8)14-6-15-11/h2-4,6-7,16H,5H2,1H3,(H,13,14,15). The molecule has 0 radical (unpaired) electrons.